The first-order chi connectivity index (χ1) is 16.7. The van der Waals surface area contributed by atoms with Crippen molar-refractivity contribution in [2.75, 3.05) is 21.2 Å². The molecule has 1 fully saturated rings. The molecule has 2 aliphatic rings. The number of rotatable bonds is 5. The van der Waals surface area contributed by atoms with E-state index in [1.165, 1.54) is 27.6 Å². The van der Waals surface area contributed by atoms with Gasteiger partial charge in [-0.05, 0) is 48.6 Å². The number of hydrogen-bond acceptors (Lipinski definition) is 6. The average Bonchev–Trinajstić information content (AvgIpc) is 3.32. The second-order valence-electron chi connectivity index (χ2n) is 9.37. The van der Waals surface area contributed by atoms with Gasteiger partial charge in [-0.3, -0.25) is 4.79 Å². The number of aliphatic hydroxyl groups is 1. The van der Waals surface area contributed by atoms with Crippen LogP contribution in [0.1, 0.15) is 65.7 Å². The van der Waals surface area contributed by atoms with Crippen LogP contribution < -0.4 is 9.46 Å². The highest BCUT2D eigenvalue weighted by Crippen LogP contribution is 2.54. The zero-order valence-corrected chi connectivity index (χ0v) is 20.7. The first-order valence-electron chi connectivity index (χ1n) is 11.7. The number of hydrogen-bond donors (Lipinski definition) is 3. The third-order valence-electron chi connectivity index (χ3n) is 7.18. The Kier molecular flexibility index (Phi) is 5.77. The predicted octanol–water partition coefficient (Wildman–Crippen LogP) is 3.46. The summed E-state index contributed by atoms with van der Waals surface area (Å²) in [6.45, 7) is 0. The summed E-state index contributed by atoms with van der Waals surface area (Å²) in [4.78, 5) is 12.8. The molecule has 186 valence electrons. The van der Waals surface area contributed by atoms with Crippen LogP contribution in [0.15, 0.2) is 30.3 Å². The quantitative estimate of drug-likeness (QED) is 0.494. The molecule has 2 aromatic carbocycles. The Labute approximate surface area is 204 Å². The van der Waals surface area contributed by atoms with Crippen molar-refractivity contribution in [2.45, 2.75) is 44.2 Å². The summed E-state index contributed by atoms with van der Waals surface area (Å²) in [7, 11) is 0.171. The number of nitrogens with one attached hydrogen (secondary N) is 1. The van der Waals surface area contributed by atoms with Crippen molar-refractivity contribution < 1.29 is 28.2 Å². The SMILES string of the molecule is COc1ccc2c(c1O)C(O)n1c-2c(C2CCCCC2)c2ccc(C(=O)NS(=O)(=O)N(C)C)cc21. The fourth-order valence-corrected chi connectivity index (χ4v) is 5.96. The summed E-state index contributed by atoms with van der Waals surface area (Å²) in [6.07, 6.45) is 4.27. The summed E-state index contributed by atoms with van der Waals surface area (Å²) in [6, 6.07) is 8.58. The number of carbonyl (C=O) groups is 1. The number of aromatic hydroxyl groups is 1. The molecule has 3 aromatic rings. The van der Waals surface area contributed by atoms with E-state index < -0.39 is 22.3 Å². The Bertz CT molecular complexity index is 1440. The number of aliphatic hydroxyl groups excluding tert-OH is 1. The number of benzene rings is 2. The van der Waals surface area contributed by atoms with E-state index in [0.29, 0.717) is 11.1 Å². The second kappa shape index (κ2) is 8.54. The van der Waals surface area contributed by atoms with Gasteiger partial charge in [-0.1, -0.05) is 25.3 Å². The molecule has 0 saturated heterocycles. The highest BCUT2D eigenvalue weighted by atomic mass is 32.2. The van der Waals surface area contributed by atoms with Crippen LogP contribution in [0.4, 0.5) is 0 Å². The third-order valence-corrected chi connectivity index (χ3v) is 8.58. The molecule has 1 aromatic heterocycles. The molecular weight excluding hydrogens is 470 g/mol. The van der Waals surface area contributed by atoms with E-state index in [0.717, 1.165) is 52.2 Å². The number of aromatic nitrogens is 1. The summed E-state index contributed by atoms with van der Waals surface area (Å²) < 4.78 is 34.3. The molecular formula is C25H29N3O6S. The zero-order chi connectivity index (χ0) is 25.1. The lowest BCUT2D eigenvalue weighted by Gasteiger charge is -2.23. The molecule has 1 unspecified atom stereocenters. The average molecular weight is 500 g/mol. The standard InChI is InChI=1S/C25H29N3O6S/c1-27(2)35(32,33)26-24(30)15-9-10-16-18(13-15)28-22(20(16)14-7-5-4-6-8-14)17-11-12-19(34-3)23(29)21(17)25(28)31/h9-14,25,29,31H,4-8H2,1-3H3,(H,26,30). The number of amides is 1. The molecule has 1 amide bonds. The number of fused-ring (bicyclic) bond motifs is 5. The van der Waals surface area contributed by atoms with Gasteiger partial charge < -0.3 is 19.5 Å². The topological polar surface area (TPSA) is 121 Å². The van der Waals surface area contributed by atoms with E-state index in [9.17, 15) is 23.4 Å². The van der Waals surface area contributed by atoms with E-state index in [2.05, 4.69) is 4.72 Å². The number of ether oxygens (including phenoxy) is 1. The van der Waals surface area contributed by atoms with Gasteiger partial charge >= 0.3 is 10.2 Å². The second-order valence-corrected chi connectivity index (χ2v) is 11.3. The molecule has 10 heteroatoms. The van der Waals surface area contributed by atoms with Crippen molar-refractivity contribution in [2.24, 2.45) is 0 Å². The molecule has 0 bridgehead atoms. The normalized spacial score (nSPS) is 18.0. The Balaban J connectivity index is 1.72. The van der Waals surface area contributed by atoms with Gasteiger partial charge in [0.15, 0.2) is 17.7 Å². The van der Waals surface area contributed by atoms with Crippen LogP contribution in [0.25, 0.3) is 22.2 Å². The molecule has 1 aliphatic heterocycles. The van der Waals surface area contributed by atoms with Gasteiger partial charge in [-0.2, -0.15) is 12.7 Å². The van der Waals surface area contributed by atoms with E-state index in [-0.39, 0.29) is 23.0 Å². The van der Waals surface area contributed by atoms with E-state index >= 15 is 0 Å². The van der Waals surface area contributed by atoms with Gasteiger partial charge in [-0.25, -0.2) is 4.72 Å². The van der Waals surface area contributed by atoms with Gasteiger partial charge in [0.1, 0.15) is 0 Å². The summed E-state index contributed by atoms with van der Waals surface area (Å²) in [5, 5.41) is 23.1. The van der Waals surface area contributed by atoms with Gasteiger partial charge in [0.05, 0.1) is 23.9 Å². The van der Waals surface area contributed by atoms with Crippen molar-refractivity contribution in [3.8, 4) is 22.8 Å². The molecule has 35 heavy (non-hydrogen) atoms. The molecule has 0 spiro atoms. The third kappa shape index (κ3) is 3.67. The molecule has 5 rings (SSSR count). The van der Waals surface area contributed by atoms with Crippen molar-refractivity contribution in [1.29, 1.82) is 0 Å². The fraction of sp³-hybridized carbons (Fsp3) is 0.400. The summed E-state index contributed by atoms with van der Waals surface area (Å²) in [5.74, 6) is -0.329. The molecule has 0 radical (unpaired) electrons. The maximum atomic E-state index is 12.8. The first kappa shape index (κ1) is 23.7. The minimum absolute atomic E-state index is 0.116. The maximum absolute atomic E-state index is 12.8. The van der Waals surface area contributed by atoms with Gasteiger partial charge in [-0.15, -0.1) is 0 Å². The molecule has 1 aliphatic carbocycles. The molecule has 3 N–H and O–H groups in total. The Morgan fingerprint density at radius 1 is 1.11 bits per heavy atom. The van der Waals surface area contributed by atoms with Crippen molar-refractivity contribution >= 4 is 27.0 Å². The summed E-state index contributed by atoms with van der Waals surface area (Å²) in [5.41, 5.74) is 3.78. The summed E-state index contributed by atoms with van der Waals surface area (Å²) >= 11 is 0. The van der Waals surface area contributed by atoms with Crippen LogP contribution in [0.3, 0.4) is 0 Å². The van der Waals surface area contributed by atoms with Crippen molar-refractivity contribution in [1.82, 2.24) is 13.6 Å². The number of phenolic OH excluding ortho intramolecular Hbond substituents is 1. The van der Waals surface area contributed by atoms with Gasteiger partial charge in [0, 0.05) is 30.6 Å². The van der Waals surface area contributed by atoms with Crippen LogP contribution in [-0.2, 0) is 10.2 Å². The van der Waals surface area contributed by atoms with Crippen LogP contribution in [0.5, 0.6) is 11.5 Å². The molecule has 1 atom stereocenters. The highest BCUT2D eigenvalue weighted by Gasteiger charge is 2.38. The number of nitrogens with zero attached hydrogens (tertiary/aromatic N) is 2. The Morgan fingerprint density at radius 3 is 2.49 bits per heavy atom. The fourth-order valence-electron chi connectivity index (χ4n) is 5.43. The minimum Gasteiger partial charge on any atom is -0.504 e. The van der Waals surface area contributed by atoms with E-state index in [4.69, 9.17) is 4.74 Å². The monoisotopic (exact) mass is 499 g/mol. The van der Waals surface area contributed by atoms with E-state index in [1.54, 1.807) is 22.8 Å². The molecule has 2 heterocycles. The zero-order valence-electron chi connectivity index (χ0n) is 19.9. The van der Waals surface area contributed by atoms with E-state index in [1.807, 2.05) is 12.1 Å². The largest absolute Gasteiger partial charge is 0.504 e. The number of methoxy groups -OCH3 is 1. The molecule has 1 saturated carbocycles. The lowest BCUT2D eigenvalue weighted by Crippen LogP contribution is -2.39. The Morgan fingerprint density at radius 2 is 1.83 bits per heavy atom. The lowest BCUT2D eigenvalue weighted by atomic mass is 9.81. The lowest BCUT2D eigenvalue weighted by molar-refractivity contribution is 0.0979. The van der Waals surface area contributed by atoms with Crippen LogP contribution >= 0.6 is 0 Å². The number of phenols is 1. The smallest absolute Gasteiger partial charge is 0.303 e. The number of carbonyl (C=O) groups excluding carboxylic acids is 1. The predicted molar refractivity (Wildman–Crippen MR) is 132 cm³/mol. The molecule has 9 nitrogen and oxygen atoms in total. The van der Waals surface area contributed by atoms with Gasteiger partial charge in [0.25, 0.3) is 5.91 Å². The van der Waals surface area contributed by atoms with Crippen LogP contribution in [-0.4, -0.2) is 54.6 Å². The van der Waals surface area contributed by atoms with Gasteiger partial charge in [0.2, 0.25) is 0 Å². The Hall–Kier alpha value is -3.08. The van der Waals surface area contributed by atoms with Crippen LogP contribution in [0, 0.1) is 0 Å². The first-order valence-corrected chi connectivity index (χ1v) is 13.1. The van der Waals surface area contributed by atoms with Crippen molar-refractivity contribution in [3.63, 3.8) is 0 Å². The minimum atomic E-state index is -3.96. The maximum Gasteiger partial charge on any atom is 0.303 e. The van der Waals surface area contributed by atoms with Crippen LogP contribution in [0.2, 0.25) is 0 Å². The van der Waals surface area contributed by atoms with Crippen molar-refractivity contribution in [3.05, 3.63) is 47.0 Å². The highest BCUT2D eigenvalue weighted by molar-refractivity contribution is 7.87.